The fourth-order valence-electron chi connectivity index (χ4n) is 10.5. The topological polar surface area (TPSA) is 77.8 Å². The van der Waals surface area contributed by atoms with Gasteiger partial charge in [-0.25, -0.2) is 0 Å². The Morgan fingerprint density at radius 3 is 2.15 bits per heavy atom. The Labute approximate surface area is 206 Å². The number of rotatable bonds is 1. The summed E-state index contributed by atoms with van der Waals surface area (Å²) in [5, 5.41) is 35.6. The zero-order valence-electron chi connectivity index (χ0n) is 22.6. The van der Waals surface area contributed by atoms with E-state index in [1.807, 2.05) is 6.92 Å². The summed E-state index contributed by atoms with van der Waals surface area (Å²) in [5.41, 5.74) is -1.37. The molecule has 0 aromatic heterocycles. The number of carbonyl (C=O) groups is 1. The third kappa shape index (κ3) is 2.69. The number of aliphatic hydroxyl groups is 3. The number of hydrogen-bond donors (Lipinski definition) is 3. The third-order valence-electron chi connectivity index (χ3n) is 13.3. The quantitative estimate of drug-likeness (QED) is 0.351. The van der Waals surface area contributed by atoms with Crippen molar-refractivity contribution in [3.05, 3.63) is 11.6 Å². The standard InChI is InChI=1S/C30H48O4/c1-24(2)19-8-11-28(6)20(27(19,5)10-9-22(24)32)16-23(33)30(34)21-17-25(3,18-31)12-13-26(21,4)14-15-29(28,30)7/h16,18-19,21-23,32-34H,8-15,17H2,1-7H3/t19-,21+,22-,23?,25-,26+,27-,28+,29-,30+/m0/s1. The second-order valence-electron chi connectivity index (χ2n) is 15.1. The van der Waals surface area contributed by atoms with Gasteiger partial charge in [-0.1, -0.05) is 60.1 Å². The molecule has 4 fully saturated rings. The van der Waals surface area contributed by atoms with E-state index in [2.05, 4.69) is 47.6 Å². The molecule has 10 atom stereocenters. The van der Waals surface area contributed by atoms with E-state index in [0.29, 0.717) is 12.3 Å². The van der Waals surface area contributed by atoms with Crippen LogP contribution in [0.5, 0.6) is 0 Å². The number of fused-ring (bicyclic) bond motifs is 7. The summed E-state index contributed by atoms with van der Waals surface area (Å²) < 4.78 is 0. The van der Waals surface area contributed by atoms with E-state index >= 15 is 0 Å². The van der Waals surface area contributed by atoms with Crippen molar-refractivity contribution in [2.75, 3.05) is 0 Å². The zero-order chi connectivity index (χ0) is 25.2. The van der Waals surface area contributed by atoms with Gasteiger partial charge in [0.2, 0.25) is 0 Å². The van der Waals surface area contributed by atoms with Gasteiger partial charge in [-0.2, -0.15) is 0 Å². The molecule has 0 aromatic carbocycles. The van der Waals surface area contributed by atoms with Gasteiger partial charge in [-0.15, -0.1) is 0 Å². The fourth-order valence-corrected chi connectivity index (χ4v) is 10.5. The number of allylic oxidation sites excluding steroid dienone is 1. The molecule has 0 saturated heterocycles. The number of aliphatic hydroxyl groups excluding tert-OH is 2. The van der Waals surface area contributed by atoms with Crippen molar-refractivity contribution in [1.82, 2.24) is 0 Å². The summed E-state index contributed by atoms with van der Waals surface area (Å²) in [6.45, 7) is 15.7. The Hall–Kier alpha value is -0.710. The minimum absolute atomic E-state index is 0.0580. The maximum absolute atomic E-state index is 12.8. The highest BCUT2D eigenvalue weighted by atomic mass is 16.3. The highest BCUT2D eigenvalue weighted by Crippen LogP contribution is 2.76. The first kappa shape index (κ1) is 25.0. The van der Waals surface area contributed by atoms with Crippen LogP contribution in [0.3, 0.4) is 0 Å². The second-order valence-corrected chi connectivity index (χ2v) is 15.1. The van der Waals surface area contributed by atoms with Crippen LogP contribution in [-0.4, -0.2) is 39.4 Å². The van der Waals surface area contributed by atoms with E-state index in [1.54, 1.807) is 0 Å². The van der Waals surface area contributed by atoms with Gasteiger partial charge < -0.3 is 20.1 Å². The van der Waals surface area contributed by atoms with Gasteiger partial charge in [-0.05, 0) is 91.3 Å². The highest BCUT2D eigenvalue weighted by Gasteiger charge is 2.74. The minimum Gasteiger partial charge on any atom is -0.393 e. The van der Waals surface area contributed by atoms with Crippen molar-refractivity contribution >= 4 is 6.29 Å². The van der Waals surface area contributed by atoms with Crippen molar-refractivity contribution in [2.24, 2.45) is 44.3 Å². The van der Waals surface area contributed by atoms with Crippen LogP contribution >= 0.6 is 0 Å². The molecule has 4 heteroatoms. The van der Waals surface area contributed by atoms with Gasteiger partial charge >= 0.3 is 0 Å². The minimum atomic E-state index is -1.25. The molecule has 0 spiro atoms. The molecule has 0 radical (unpaired) electrons. The molecular formula is C30H48O4. The van der Waals surface area contributed by atoms with Crippen molar-refractivity contribution in [1.29, 1.82) is 0 Å². The molecule has 0 heterocycles. The molecule has 4 saturated carbocycles. The first-order chi connectivity index (χ1) is 15.5. The van der Waals surface area contributed by atoms with Gasteiger partial charge in [0, 0.05) is 10.8 Å². The molecular weight excluding hydrogens is 424 g/mol. The Morgan fingerprint density at radius 2 is 1.50 bits per heavy atom. The van der Waals surface area contributed by atoms with E-state index < -0.39 is 22.5 Å². The maximum Gasteiger partial charge on any atom is 0.125 e. The SMILES string of the molecule is CC1(C)[C@@H](O)CC[C@]2(C)C3=CC(O)[C@]4(O)[C@@H]5C[C@@](C)(C=O)CC[C@]5(C)CC[C@@]4(C)[C@]3(C)CC[C@@H]12. The summed E-state index contributed by atoms with van der Waals surface area (Å²) in [7, 11) is 0. The van der Waals surface area contributed by atoms with Gasteiger partial charge in [0.15, 0.2) is 0 Å². The molecule has 3 N–H and O–H groups in total. The van der Waals surface area contributed by atoms with Crippen LogP contribution in [-0.2, 0) is 4.79 Å². The first-order valence-electron chi connectivity index (χ1n) is 13.8. The Morgan fingerprint density at radius 1 is 0.853 bits per heavy atom. The Kier molecular flexibility index (Phi) is 5.13. The molecule has 5 rings (SSSR count). The molecule has 0 amide bonds. The summed E-state index contributed by atoms with van der Waals surface area (Å²) in [4.78, 5) is 12.1. The molecule has 1 unspecified atom stereocenters. The molecule has 5 aliphatic rings. The van der Waals surface area contributed by atoms with Gasteiger partial charge in [0.05, 0.1) is 6.10 Å². The van der Waals surface area contributed by atoms with Gasteiger partial charge in [0.1, 0.15) is 18.0 Å². The molecule has 5 aliphatic carbocycles. The average molecular weight is 473 g/mol. The lowest BCUT2D eigenvalue weighted by Gasteiger charge is -2.73. The molecule has 0 aliphatic heterocycles. The van der Waals surface area contributed by atoms with Crippen LogP contribution in [0.25, 0.3) is 0 Å². The zero-order valence-corrected chi connectivity index (χ0v) is 22.6. The van der Waals surface area contributed by atoms with Crippen molar-refractivity contribution in [2.45, 2.75) is 124 Å². The lowest BCUT2D eigenvalue weighted by atomic mass is 9.32. The number of carbonyl (C=O) groups excluding carboxylic acids is 1. The highest BCUT2D eigenvalue weighted by molar-refractivity contribution is 5.59. The maximum atomic E-state index is 12.8. The van der Waals surface area contributed by atoms with Gasteiger partial charge in [-0.3, -0.25) is 0 Å². The number of hydrogen-bond acceptors (Lipinski definition) is 4. The van der Waals surface area contributed by atoms with E-state index in [9.17, 15) is 20.1 Å². The van der Waals surface area contributed by atoms with Crippen LogP contribution in [0.4, 0.5) is 0 Å². The molecule has 192 valence electrons. The summed E-state index contributed by atoms with van der Waals surface area (Å²) >= 11 is 0. The Balaban J connectivity index is 1.67. The first-order valence-corrected chi connectivity index (χ1v) is 13.8. The van der Waals surface area contributed by atoms with Crippen molar-refractivity contribution < 1.29 is 20.1 Å². The van der Waals surface area contributed by atoms with E-state index in [0.717, 1.165) is 57.7 Å². The lowest BCUT2D eigenvalue weighted by molar-refractivity contribution is -0.286. The Bertz CT molecular complexity index is 925. The monoisotopic (exact) mass is 472 g/mol. The predicted molar refractivity (Wildman–Crippen MR) is 134 cm³/mol. The van der Waals surface area contributed by atoms with Crippen LogP contribution < -0.4 is 0 Å². The largest absolute Gasteiger partial charge is 0.393 e. The van der Waals surface area contributed by atoms with Crippen molar-refractivity contribution in [3.63, 3.8) is 0 Å². The van der Waals surface area contributed by atoms with E-state index in [-0.39, 0.29) is 33.7 Å². The lowest BCUT2D eigenvalue weighted by Crippen LogP contribution is -2.75. The second kappa shape index (κ2) is 6.98. The van der Waals surface area contributed by atoms with Gasteiger partial charge in [0.25, 0.3) is 0 Å². The predicted octanol–water partition coefficient (Wildman–Crippen LogP) is 5.43. The smallest absolute Gasteiger partial charge is 0.125 e. The average Bonchev–Trinajstić information content (AvgIpc) is 2.77. The molecule has 34 heavy (non-hydrogen) atoms. The van der Waals surface area contributed by atoms with Crippen molar-refractivity contribution in [3.8, 4) is 0 Å². The third-order valence-corrected chi connectivity index (χ3v) is 13.3. The summed E-state index contributed by atoms with van der Waals surface area (Å²) in [6, 6.07) is 0. The molecule has 0 aromatic rings. The van der Waals surface area contributed by atoms with E-state index in [1.165, 1.54) is 5.57 Å². The van der Waals surface area contributed by atoms with E-state index in [4.69, 9.17) is 0 Å². The van der Waals surface area contributed by atoms with Crippen LogP contribution in [0.2, 0.25) is 0 Å². The fraction of sp³-hybridized carbons (Fsp3) is 0.900. The number of aldehydes is 1. The molecule has 4 nitrogen and oxygen atoms in total. The van der Waals surface area contributed by atoms with Crippen LogP contribution in [0, 0.1) is 44.3 Å². The molecule has 0 bridgehead atoms. The summed E-state index contributed by atoms with van der Waals surface area (Å²) in [5.74, 6) is 0.245. The van der Waals surface area contributed by atoms with Crippen LogP contribution in [0.15, 0.2) is 11.6 Å². The summed E-state index contributed by atoms with van der Waals surface area (Å²) in [6.07, 6.45) is 9.99. The normalized spacial score (nSPS) is 58.5. The van der Waals surface area contributed by atoms with Crippen LogP contribution in [0.1, 0.15) is 106 Å².